The van der Waals surface area contributed by atoms with E-state index in [4.69, 9.17) is 9.47 Å². The molecule has 4 aromatic rings. The largest absolute Gasteiger partial charge is 0.493 e. The van der Waals surface area contributed by atoms with Gasteiger partial charge in [0.2, 0.25) is 0 Å². The van der Waals surface area contributed by atoms with Gasteiger partial charge in [-0.2, -0.15) is 4.52 Å². The van der Waals surface area contributed by atoms with Gasteiger partial charge in [-0.3, -0.25) is 9.36 Å². The van der Waals surface area contributed by atoms with Gasteiger partial charge in [0.1, 0.15) is 5.82 Å². The molecule has 0 amide bonds. The van der Waals surface area contributed by atoms with Crippen molar-refractivity contribution >= 4 is 22.3 Å². The van der Waals surface area contributed by atoms with Crippen molar-refractivity contribution in [1.29, 1.82) is 0 Å². The minimum atomic E-state index is -0.444. The monoisotopic (exact) mass is 392 g/mol. The van der Waals surface area contributed by atoms with E-state index in [2.05, 4.69) is 10.1 Å². The van der Waals surface area contributed by atoms with Gasteiger partial charge in [-0.15, -0.1) is 5.10 Å². The average Bonchev–Trinajstić information content (AvgIpc) is 3.12. The maximum Gasteiger partial charge on any atom is 0.351 e. The topological polar surface area (TPSA) is 87.7 Å². The smallest absolute Gasteiger partial charge is 0.351 e. The van der Waals surface area contributed by atoms with E-state index in [-0.39, 0.29) is 12.3 Å². The molecule has 8 nitrogen and oxygen atoms in total. The summed E-state index contributed by atoms with van der Waals surface area (Å²) in [5.74, 6) is 1.23. The van der Waals surface area contributed by atoms with Gasteiger partial charge in [0.15, 0.2) is 22.9 Å². The quantitative estimate of drug-likeness (QED) is 0.485. The first-order valence-corrected chi connectivity index (χ1v) is 9.04. The van der Waals surface area contributed by atoms with Gasteiger partial charge in [-0.05, 0) is 19.9 Å². The van der Waals surface area contributed by atoms with Gasteiger partial charge in [0.25, 0.3) is 0 Å². The van der Waals surface area contributed by atoms with E-state index in [1.807, 2.05) is 19.1 Å². The van der Waals surface area contributed by atoms with E-state index in [9.17, 15) is 9.59 Å². The Balaban J connectivity index is 1.97. The molecule has 0 radical (unpaired) electrons. The number of fused-ring (bicyclic) bond motifs is 3. The second-order valence-electron chi connectivity index (χ2n) is 6.78. The summed E-state index contributed by atoms with van der Waals surface area (Å²) in [7, 11) is 3.05. The number of methoxy groups -OCH3 is 2. The Bertz CT molecular complexity index is 1300. The van der Waals surface area contributed by atoms with Gasteiger partial charge < -0.3 is 9.47 Å². The number of aryl methyl sites for hydroxylation is 2. The van der Waals surface area contributed by atoms with E-state index >= 15 is 0 Å². The lowest BCUT2D eigenvalue weighted by molar-refractivity contribution is 0.0971. The van der Waals surface area contributed by atoms with Crippen LogP contribution in [0.25, 0.3) is 16.6 Å². The van der Waals surface area contributed by atoms with Crippen molar-refractivity contribution in [1.82, 2.24) is 19.2 Å². The molecule has 0 spiro atoms. The molecule has 0 saturated carbocycles. The molecule has 2 aromatic carbocycles. The van der Waals surface area contributed by atoms with Gasteiger partial charge >= 0.3 is 5.69 Å². The predicted molar refractivity (Wildman–Crippen MR) is 108 cm³/mol. The molecule has 0 aliphatic rings. The minimum absolute atomic E-state index is 0.136. The number of rotatable bonds is 5. The number of carbonyl (C=O) groups excluding carboxylic acids is 1. The Labute approximate surface area is 166 Å². The van der Waals surface area contributed by atoms with Crippen LogP contribution in [0, 0.1) is 13.8 Å². The number of Topliss-reactive ketones (excluding diaryl/α,β-unsaturated/α-hetero) is 1. The first kappa shape index (κ1) is 18.7. The molecule has 0 aliphatic carbocycles. The SMILES string of the molecule is COc1cc2c(cc1OC)n(CC(=O)c1ccc(C)cc1)c(=O)n1nc(C)nc21. The molecule has 2 heterocycles. The second-order valence-corrected chi connectivity index (χ2v) is 6.78. The Kier molecular flexibility index (Phi) is 4.54. The van der Waals surface area contributed by atoms with Crippen molar-refractivity contribution in [3.8, 4) is 11.5 Å². The van der Waals surface area contributed by atoms with E-state index < -0.39 is 5.69 Å². The summed E-state index contributed by atoms with van der Waals surface area (Å²) in [6.45, 7) is 3.52. The Morgan fingerprint density at radius 2 is 1.69 bits per heavy atom. The third-order valence-electron chi connectivity index (χ3n) is 4.83. The van der Waals surface area contributed by atoms with Crippen LogP contribution in [0.15, 0.2) is 41.2 Å². The molecule has 4 rings (SSSR count). The van der Waals surface area contributed by atoms with Gasteiger partial charge in [0, 0.05) is 17.0 Å². The van der Waals surface area contributed by atoms with Crippen LogP contribution in [0.4, 0.5) is 0 Å². The van der Waals surface area contributed by atoms with Crippen LogP contribution in [0.2, 0.25) is 0 Å². The molecule has 0 unspecified atom stereocenters. The fourth-order valence-corrected chi connectivity index (χ4v) is 3.34. The third-order valence-corrected chi connectivity index (χ3v) is 4.83. The molecule has 0 aliphatic heterocycles. The highest BCUT2D eigenvalue weighted by atomic mass is 16.5. The van der Waals surface area contributed by atoms with Gasteiger partial charge in [-0.25, -0.2) is 9.78 Å². The molecule has 2 aromatic heterocycles. The first-order valence-electron chi connectivity index (χ1n) is 9.04. The maximum absolute atomic E-state index is 13.1. The third kappa shape index (κ3) is 3.12. The van der Waals surface area contributed by atoms with Crippen LogP contribution >= 0.6 is 0 Å². The summed E-state index contributed by atoms with van der Waals surface area (Å²) < 4.78 is 13.4. The number of carbonyl (C=O) groups is 1. The summed E-state index contributed by atoms with van der Waals surface area (Å²) in [5, 5.41) is 4.84. The van der Waals surface area contributed by atoms with E-state index in [1.54, 1.807) is 31.2 Å². The van der Waals surface area contributed by atoms with Crippen molar-refractivity contribution in [3.63, 3.8) is 0 Å². The molecule has 0 atom stereocenters. The standard InChI is InChI=1S/C21H20N4O4/c1-12-5-7-14(8-6-12)17(26)11-24-16-10-19(29-4)18(28-3)9-15(16)20-22-13(2)23-25(20)21(24)27/h5-10H,11H2,1-4H3. The van der Waals surface area contributed by atoms with Gasteiger partial charge in [0.05, 0.1) is 26.3 Å². The van der Waals surface area contributed by atoms with Crippen LogP contribution < -0.4 is 15.2 Å². The van der Waals surface area contributed by atoms with E-state index in [0.717, 1.165) is 5.56 Å². The first-order chi connectivity index (χ1) is 13.9. The Morgan fingerprint density at radius 3 is 2.34 bits per heavy atom. The molecule has 148 valence electrons. The fraction of sp³-hybridized carbons (Fsp3) is 0.238. The highest BCUT2D eigenvalue weighted by molar-refractivity contribution is 5.98. The van der Waals surface area contributed by atoms with Crippen molar-refractivity contribution in [2.75, 3.05) is 14.2 Å². The summed E-state index contributed by atoms with van der Waals surface area (Å²) in [6.07, 6.45) is 0. The second kappa shape index (κ2) is 7.05. The molecule has 0 N–H and O–H groups in total. The van der Waals surface area contributed by atoms with Crippen LogP contribution in [0.5, 0.6) is 11.5 Å². The summed E-state index contributed by atoms with van der Waals surface area (Å²) in [6, 6.07) is 10.7. The number of aromatic nitrogens is 4. The molecule has 0 bridgehead atoms. The zero-order chi connectivity index (χ0) is 20.7. The Hall–Kier alpha value is -3.68. The summed E-state index contributed by atoms with van der Waals surface area (Å²) >= 11 is 0. The zero-order valence-electron chi connectivity index (χ0n) is 16.6. The van der Waals surface area contributed by atoms with Crippen molar-refractivity contribution in [3.05, 3.63) is 63.8 Å². The molecular formula is C21H20N4O4. The minimum Gasteiger partial charge on any atom is -0.493 e. The number of nitrogens with zero attached hydrogens (tertiary/aromatic N) is 4. The highest BCUT2D eigenvalue weighted by Gasteiger charge is 2.19. The normalized spacial score (nSPS) is 11.2. The molecule has 8 heteroatoms. The van der Waals surface area contributed by atoms with E-state index in [0.29, 0.717) is 39.4 Å². The van der Waals surface area contributed by atoms with Crippen LogP contribution in [-0.4, -0.2) is 39.2 Å². The number of hydrogen-bond donors (Lipinski definition) is 0. The summed E-state index contributed by atoms with van der Waals surface area (Å²) in [4.78, 5) is 30.4. The molecule has 0 fully saturated rings. The lowest BCUT2D eigenvalue weighted by Gasteiger charge is -2.14. The zero-order valence-corrected chi connectivity index (χ0v) is 16.6. The van der Waals surface area contributed by atoms with Gasteiger partial charge in [-0.1, -0.05) is 29.8 Å². The number of ketones is 1. The number of benzene rings is 2. The summed E-state index contributed by atoms with van der Waals surface area (Å²) in [5.41, 5.74) is 2.07. The van der Waals surface area contributed by atoms with E-state index in [1.165, 1.54) is 23.3 Å². The lowest BCUT2D eigenvalue weighted by Crippen LogP contribution is -2.30. The fourth-order valence-electron chi connectivity index (χ4n) is 3.34. The molecule has 0 saturated heterocycles. The van der Waals surface area contributed by atoms with Crippen molar-refractivity contribution < 1.29 is 14.3 Å². The van der Waals surface area contributed by atoms with Crippen LogP contribution in [0.1, 0.15) is 21.7 Å². The van der Waals surface area contributed by atoms with Crippen molar-refractivity contribution in [2.45, 2.75) is 20.4 Å². The molecular weight excluding hydrogens is 372 g/mol. The lowest BCUT2D eigenvalue weighted by atomic mass is 10.1. The Morgan fingerprint density at radius 1 is 1.03 bits per heavy atom. The predicted octanol–water partition coefficient (Wildman–Crippen LogP) is 2.56. The number of hydrogen-bond acceptors (Lipinski definition) is 6. The average molecular weight is 392 g/mol. The van der Waals surface area contributed by atoms with Crippen LogP contribution in [-0.2, 0) is 6.54 Å². The van der Waals surface area contributed by atoms with Crippen LogP contribution in [0.3, 0.4) is 0 Å². The molecule has 29 heavy (non-hydrogen) atoms. The maximum atomic E-state index is 13.1. The van der Waals surface area contributed by atoms with Crippen molar-refractivity contribution in [2.24, 2.45) is 0 Å². The highest BCUT2D eigenvalue weighted by Crippen LogP contribution is 2.33. The number of ether oxygens (including phenoxy) is 2.